The summed E-state index contributed by atoms with van der Waals surface area (Å²) in [6.45, 7) is 6.92. The van der Waals surface area contributed by atoms with Gasteiger partial charge in [0.25, 0.3) is 5.91 Å². The van der Waals surface area contributed by atoms with Crippen molar-refractivity contribution in [3.05, 3.63) is 52.7 Å². The fraction of sp³-hybridized carbons (Fsp3) is 0.400. The first-order valence-corrected chi connectivity index (χ1v) is 11.9. The third kappa shape index (κ3) is 3.60. The van der Waals surface area contributed by atoms with Crippen LogP contribution in [0.1, 0.15) is 29.4 Å². The first-order valence-electron chi connectivity index (χ1n) is 11.5. The standard InChI is InChI=1S/C25H26ClN3O4/c1-2-17-14-29-20(12-18-19(26)4-6-22(33-17)24(18)29)25(30)28-9-7-27(8-10-28)13-16-3-5-21-23(11-16)32-15-31-21/h3-6,11-12,17H,2,7-10,13-15H2,1H3/t17-/m0/s1. The van der Waals surface area contributed by atoms with Crippen molar-refractivity contribution in [2.45, 2.75) is 32.5 Å². The maximum absolute atomic E-state index is 13.6. The number of carbonyl (C=O) groups excluding carboxylic acids is 1. The van der Waals surface area contributed by atoms with Crippen molar-refractivity contribution >= 4 is 28.4 Å². The number of nitrogens with zero attached hydrogens (tertiary/aromatic N) is 3. The topological polar surface area (TPSA) is 56.2 Å². The SMILES string of the molecule is CC[C@H]1Cn2c(C(=O)N3CCN(Cc4ccc5c(c4)OCO5)CC3)cc3c(Cl)ccc(c32)O1. The van der Waals surface area contributed by atoms with E-state index in [9.17, 15) is 4.79 Å². The van der Waals surface area contributed by atoms with Crippen LogP contribution < -0.4 is 14.2 Å². The summed E-state index contributed by atoms with van der Waals surface area (Å²) in [7, 11) is 0. The Morgan fingerprint density at radius 2 is 1.82 bits per heavy atom. The van der Waals surface area contributed by atoms with Gasteiger partial charge in [-0.25, -0.2) is 0 Å². The second-order valence-corrected chi connectivity index (χ2v) is 9.26. The van der Waals surface area contributed by atoms with E-state index in [1.807, 2.05) is 35.2 Å². The molecule has 6 rings (SSSR count). The summed E-state index contributed by atoms with van der Waals surface area (Å²) in [6, 6.07) is 11.8. The fourth-order valence-electron chi connectivity index (χ4n) is 4.98. The molecular formula is C25H26ClN3O4. The zero-order valence-corrected chi connectivity index (χ0v) is 19.3. The molecule has 1 saturated heterocycles. The van der Waals surface area contributed by atoms with E-state index >= 15 is 0 Å². The van der Waals surface area contributed by atoms with Gasteiger partial charge in [0.2, 0.25) is 6.79 Å². The molecule has 0 spiro atoms. The molecule has 3 aliphatic heterocycles. The molecule has 4 heterocycles. The number of piperazine rings is 1. The highest BCUT2D eigenvalue weighted by molar-refractivity contribution is 6.36. The van der Waals surface area contributed by atoms with Gasteiger partial charge in [0.1, 0.15) is 17.5 Å². The number of ether oxygens (including phenoxy) is 3. The molecule has 3 aromatic rings. The number of aromatic nitrogens is 1. The number of hydrogen-bond acceptors (Lipinski definition) is 5. The zero-order valence-electron chi connectivity index (χ0n) is 18.6. The van der Waals surface area contributed by atoms with Gasteiger partial charge in [0.05, 0.1) is 17.1 Å². The van der Waals surface area contributed by atoms with Gasteiger partial charge < -0.3 is 23.7 Å². The lowest BCUT2D eigenvalue weighted by atomic mass is 10.1. The van der Waals surface area contributed by atoms with E-state index in [1.165, 1.54) is 5.56 Å². The Morgan fingerprint density at radius 3 is 2.64 bits per heavy atom. The van der Waals surface area contributed by atoms with E-state index in [1.54, 1.807) is 0 Å². The van der Waals surface area contributed by atoms with E-state index in [2.05, 4.69) is 22.5 Å². The Morgan fingerprint density at radius 1 is 1.03 bits per heavy atom. The van der Waals surface area contributed by atoms with Gasteiger partial charge in [-0.2, -0.15) is 0 Å². The third-order valence-corrected chi connectivity index (χ3v) is 7.16. The Bertz CT molecular complexity index is 1230. The number of rotatable bonds is 4. The molecule has 1 amide bonds. The van der Waals surface area contributed by atoms with E-state index in [0.717, 1.165) is 54.2 Å². The first-order chi connectivity index (χ1) is 16.1. The fourth-order valence-corrected chi connectivity index (χ4v) is 5.18. The van der Waals surface area contributed by atoms with Crippen LogP contribution in [-0.2, 0) is 13.1 Å². The minimum Gasteiger partial charge on any atom is -0.486 e. The Balaban J connectivity index is 1.18. The van der Waals surface area contributed by atoms with Gasteiger partial charge in [-0.15, -0.1) is 0 Å². The summed E-state index contributed by atoms with van der Waals surface area (Å²) in [5.41, 5.74) is 2.82. The number of hydrogen-bond donors (Lipinski definition) is 0. The van der Waals surface area contributed by atoms with Crippen LogP contribution in [0.15, 0.2) is 36.4 Å². The minimum atomic E-state index is 0.0550. The molecule has 0 unspecified atom stereocenters. The van der Waals surface area contributed by atoms with Crippen LogP contribution in [-0.4, -0.2) is 59.4 Å². The van der Waals surface area contributed by atoms with Crippen LogP contribution in [0.25, 0.3) is 10.9 Å². The molecule has 33 heavy (non-hydrogen) atoms. The van der Waals surface area contributed by atoms with Crippen LogP contribution in [0.3, 0.4) is 0 Å². The number of carbonyl (C=O) groups is 1. The van der Waals surface area contributed by atoms with Crippen molar-refractivity contribution in [2.24, 2.45) is 0 Å². The van der Waals surface area contributed by atoms with Gasteiger partial charge in [-0.3, -0.25) is 9.69 Å². The second-order valence-electron chi connectivity index (χ2n) is 8.85. The second kappa shape index (κ2) is 8.15. The number of benzene rings is 2. The Kier molecular flexibility index (Phi) is 5.11. The van der Waals surface area contributed by atoms with Crippen LogP contribution in [0.5, 0.6) is 17.2 Å². The molecule has 3 aliphatic rings. The monoisotopic (exact) mass is 467 g/mol. The highest BCUT2D eigenvalue weighted by atomic mass is 35.5. The molecular weight excluding hydrogens is 442 g/mol. The molecule has 0 N–H and O–H groups in total. The van der Waals surface area contributed by atoms with Gasteiger partial charge in [-0.05, 0) is 42.3 Å². The van der Waals surface area contributed by atoms with E-state index < -0.39 is 0 Å². The number of fused-ring (bicyclic) bond motifs is 1. The smallest absolute Gasteiger partial charge is 0.270 e. The quantitative estimate of drug-likeness (QED) is 0.577. The van der Waals surface area contributed by atoms with E-state index in [-0.39, 0.29) is 18.8 Å². The lowest BCUT2D eigenvalue weighted by molar-refractivity contribution is 0.0613. The van der Waals surface area contributed by atoms with Crippen molar-refractivity contribution in [3.63, 3.8) is 0 Å². The largest absolute Gasteiger partial charge is 0.486 e. The molecule has 1 fully saturated rings. The molecule has 1 atom stereocenters. The zero-order chi connectivity index (χ0) is 22.5. The van der Waals surface area contributed by atoms with Crippen molar-refractivity contribution in [1.29, 1.82) is 0 Å². The van der Waals surface area contributed by atoms with Gasteiger partial charge in [-0.1, -0.05) is 24.6 Å². The molecule has 0 radical (unpaired) electrons. The average Bonchev–Trinajstić information content (AvgIpc) is 3.46. The molecule has 8 heteroatoms. The Labute approximate surface area is 197 Å². The number of halogens is 1. The summed E-state index contributed by atoms with van der Waals surface area (Å²) in [4.78, 5) is 17.9. The summed E-state index contributed by atoms with van der Waals surface area (Å²) >= 11 is 6.47. The maximum Gasteiger partial charge on any atom is 0.270 e. The third-order valence-electron chi connectivity index (χ3n) is 6.83. The highest BCUT2D eigenvalue weighted by Gasteiger charge is 2.30. The van der Waals surface area contributed by atoms with E-state index in [0.29, 0.717) is 30.4 Å². The predicted molar refractivity (Wildman–Crippen MR) is 125 cm³/mol. The number of amides is 1. The van der Waals surface area contributed by atoms with Crippen LogP contribution in [0.4, 0.5) is 0 Å². The van der Waals surface area contributed by atoms with Crippen molar-refractivity contribution in [3.8, 4) is 17.2 Å². The molecule has 0 aliphatic carbocycles. The van der Waals surface area contributed by atoms with Crippen LogP contribution in [0.2, 0.25) is 5.02 Å². The molecule has 172 valence electrons. The molecule has 2 aromatic carbocycles. The van der Waals surface area contributed by atoms with E-state index in [4.69, 9.17) is 25.8 Å². The highest BCUT2D eigenvalue weighted by Crippen LogP contribution is 2.38. The molecule has 0 saturated carbocycles. The summed E-state index contributed by atoms with van der Waals surface area (Å²) in [5.74, 6) is 2.48. The minimum absolute atomic E-state index is 0.0550. The van der Waals surface area contributed by atoms with Crippen LogP contribution in [0, 0.1) is 0 Å². The summed E-state index contributed by atoms with van der Waals surface area (Å²) < 4.78 is 19.1. The Hall–Kier alpha value is -2.90. The summed E-state index contributed by atoms with van der Waals surface area (Å²) in [5, 5.41) is 1.53. The predicted octanol–water partition coefficient (Wildman–Crippen LogP) is 4.15. The normalized spacial score (nSPS) is 19.7. The first kappa shape index (κ1) is 20.7. The van der Waals surface area contributed by atoms with Gasteiger partial charge in [0.15, 0.2) is 11.5 Å². The van der Waals surface area contributed by atoms with Crippen molar-refractivity contribution < 1.29 is 19.0 Å². The molecule has 0 bridgehead atoms. The molecule has 1 aromatic heterocycles. The molecule has 7 nitrogen and oxygen atoms in total. The van der Waals surface area contributed by atoms with Crippen LogP contribution >= 0.6 is 11.6 Å². The maximum atomic E-state index is 13.6. The summed E-state index contributed by atoms with van der Waals surface area (Å²) in [6.07, 6.45) is 0.938. The van der Waals surface area contributed by atoms with Gasteiger partial charge in [0, 0.05) is 38.1 Å². The lowest BCUT2D eigenvalue weighted by Crippen LogP contribution is -2.48. The van der Waals surface area contributed by atoms with Gasteiger partial charge >= 0.3 is 0 Å². The van der Waals surface area contributed by atoms with Crippen molar-refractivity contribution in [2.75, 3.05) is 33.0 Å². The van der Waals surface area contributed by atoms with Crippen molar-refractivity contribution in [1.82, 2.24) is 14.4 Å². The average molecular weight is 468 g/mol. The lowest BCUT2D eigenvalue weighted by Gasteiger charge is -2.35.